The van der Waals surface area contributed by atoms with Crippen LogP contribution in [0.5, 0.6) is 5.75 Å². The van der Waals surface area contributed by atoms with E-state index < -0.39 is 0 Å². The highest BCUT2D eigenvalue weighted by Crippen LogP contribution is 2.32. The Morgan fingerprint density at radius 2 is 2.25 bits per heavy atom. The number of methoxy groups -OCH3 is 1. The summed E-state index contributed by atoms with van der Waals surface area (Å²) in [6.45, 7) is 6.86. The molecule has 0 bridgehead atoms. The first-order chi connectivity index (χ1) is 5.69. The maximum Gasteiger partial charge on any atom is 0.229 e. The van der Waals surface area contributed by atoms with Gasteiger partial charge >= 0.3 is 0 Å². The van der Waals surface area contributed by atoms with Crippen LogP contribution in [0.1, 0.15) is 0 Å². The third kappa shape index (κ3) is 1.61. The number of nitrogens with two attached hydrogens (primary N) is 1. The van der Waals surface area contributed by atoms with Gasteiger partial charge in [0, 0.05) is 9.26 Å². The van der Waals surface area contributed by atoms with Crippen LogP contribution >= 0.6 is 22.6 Å². The highest BCUT2D eigenvalue weighted by molar-refractivity contribution is 14.1. The Hall–Kier alpha value is -0.960. The van der Waals surface area contributed by atoms with Gasteiger partial charge in [0.15, 0.2) is 0 Å². The molecule has 1 aromatic rings. The second-order valence-corrected chi connectivity index (χ2v) is 3.32. The summed E-state index contributed by atoms with van der Waals surface area (Å²) in [4.78, 5) is 3.31. The van der Waals surface area contributed by atoms with Crippen molar-refractivity contribution in [1.82, 2.24) is 0 Å². The molecular formula is C8H7IN2O. The predicted molar refractivity (Wildman–Crippen MR) is 56.4 cm³/mol. The topological polar surface area (TPSA) is 39.6 Å². The number of nitrogen functional groups attached to an aromatic ring is 1. The quantitative estimate of drug-likeness (QED) is 0.485. The summed E-state index contributed by atoms with van der Waals surface area (Å²) in [5, 5.41) is 0. The van der Waals surface area contributed by atoms with E-state index >= 15 is 0 Å². The minimum absolute atomic E-state index is 0.496. The SMILES string of the molecule is [C-]#[N+]c1cc(I)c(N)cc1OC. The fraction of sp³-hybridized carbons (Fsp3) is 0.125. The van der Waals surface area contributed by atoms with Gasteiger partial charge in [0.05, 0.1) is 13.7 Å². The van der Waals surface area contributed by atoms with Crippen LogP contribution in [0.3, 0.4) is 0 Å². The molecule has 0 unspecified atom stereocenters. The van der Waals surface area contributed by atoms with Crippen LogP contribution in [0.15, 0.2) is 12.1 Å². The van der Waals surface area contributed by atoms with Crippen LogP contribution in [-0.2, 0) is 0 Å². The van der Waals surface area contributed by atoms with Crippen LogP contribution in [0.25, 0.3) is 4.85 Å². The van der Waals surface area contributed by atoms with Crippen LogP contribution in [0, 0.1) is 10.1 Å². The van der Waals surface area contributed by atoms with Gasteiger partial charge in [0.1, 0.15) is 5.75 Å². The van der Waals surface area contributed by atoms with Crippen molar-refractivity contribution in [1.29, 1.82) is 0 Å². The summed E-state index contributed by atoms with van der Waals surface area (Å²) in [6, 6.07) is 3.37. The minimum Gasteiger partial charge on any atom is -0.508 e. The van der Waals surface area contributed by atoms with Crippen LogP contribution in [0.2, 0.25) is 0 Å². The Bertz CT molecular complexity index is 344. The van der Waals surface area contributed by atoms with Gasteiger partial charge < -0.3 is 10.5 Å². The average molecular weight is 274 g/mol. The van der Waals surface area contributed by atoms with Gasteiger partial charge in [-0.1, -0.05) is 0 Å². The zero-order valence-corrected chi connectivity index (χ0v) is 8.62. The van der Waals surface area contributed by atoms with E-state index in [0.29, 0.717) is 17.1 Å². The monoisotopic (exact) mass is 274 g/mol. The van der Waals surface area contributed by atoms with E-state index in [-0.39, 0.29) is 0 Å². The van der Waals surface area contributed by atoms with Crippen molar-refractivity contribution in [3.8, 4) is 5.75 Å². The van der Waals surface area contributed by atoms with Crippen molar-refractivity contribution >= 4 is 34.0 Å². The first-order valence-electron chi connectivity index (χ1n) is 3.19. The lowest BCUT2D eigenvalue weighted by atomic mass is 10.2. The molecule has 62 valence electrons. The molecule has 1 rings (SSSR count). The van der Waals surface area contributed by atoms with Gasteiger partial charge in [-0.15, -0.1) is 0 Å². The van der Waals surface area contributed by atoms with Gasteiger partial charge in [-0.2, -0.15) is 0 Å². The van der Waals surface area contributed by atoms with E-state index in [9.17, 15) is 0 Å². The summed E-state index contributed by atoms with van der Waals surface area (Å²) >= 11 is 2.08. The van der Waals surface area contributed by atoms with Crippen LogP contribution in [-0.4, -0.2) is 7.11 Å². The van der Waals surface area contributed by atoms with Crippen molar-refractivity contribution in [3.05, 3.63) is 27.1 Å². The Kier molecular flexibility index (Phi) is 2.76. The third-order valence-electron chi connectivity index (χ3n) is 1.42. The number of hydrogen-bond acceptors (Lipinski definition) is 2. The number of ether oxygens (including phenoxy) is 1. The standard InChI is InChI=1S/C8H7IN2O/c1-11-7-3-5(9)6(10)4-8(7)12-2/h3-4H,10H2,2H3. The zero-order valence-electron chi connectivity index (χ0n) is 6.47. The van der Waals surface area contributed by atoms with Gasteiger partial charge in [0.25, 0.3) is 0 Å². The normalized spacial score (nSPS) is 9.08. The maximum atomic E-state index is 6.86. The fourth-order valence-electron chi connectivity index (χ4n) is 0.809. The van der Waals surface area contributed by atoms with Crippen LogP contribution in [0.4, 0.5) is 11.4 Å². The molecule has 0 saturated carbocycles. The molecule has 0 amide bonds. The van der Waals surface area contributed by atoms with Gasteiger partial charge in [-0.25, -0.2) is 4.85 Å². The molecule has 0 aromatic heterocycles. The molecule has 0 radical (unpaired) electrons. The average Bonchev–Trinajstić information content (AvgIpc) is 2.09. The number of nitrogens with zero attached hydrogens (tertiary/aromatic N) is 1. The van der Waals surface area contributed by atoms with Crippen molar-refractivity contribution in [2.24, 2.45) is 0 Å². The molecule has 1 aromatic carbocycles. The van der Waals surface area contributed by atoms with E-state index in [1.807, 2.05) is 0 Å². The highest BCUT2D eigenvalue weighted by atomic mass is 127. The molecule has 0 atom stereocenters. The Morgan fingerprint density at radius 3 is 2.75 bits per heavy atom. The molecule has 4 heteroatoms. The lowest BCUT2D eigenvalue weighted by molar-refractivity contribution is 0.417. The number of hydrogen-bond donors (Lipinski definition) is 1. The van der Waals surface area contributed by atoms with Crippen molar-refractivity contribution < 1.29 is 4.74 Å². The van der Waals surface area contributed by atoms with Crippen LogP contribution < -0.4 is 10.5 Å². The molecule has 0 heterocycles. The van der Waals surface area contributed by atoms with Gasteiger partial charge in [-0.05, 0) is 34.7 Å². The number of rotatable bonds is 1. The summed E-state index contributed by atoms with van der Waals surface area (Å²) in [5.41, 5.74) is 6.76. The molecular weight excluding hydrogens is 267 g/mol. The van der Waals surface area contributed by atoms with Crippen molar-refractivity contribution in [2.75, 3.05) is 12.8 Å². The molecule has 12 heavy (non-hydrogen) atoms. The molecule has 3 nitrogen and oxygen atoms in total. The third-order valence-corrected chi connectivity index (χ3v) is 2.35. The van der Waals surface area contributed by atoms with Gasteiger partial charge in [-0.3, -0.25) is 0 Å². The highest BCUT2D eigenvalue weighted by Gasteiger charge is 2.05. The summed E-state index contributed by atoms with van der Waals surface area (Å²) < 4.78 is 5.85. The van der Waals surface area contributed by atoms with Crippen molar-refractivity contribution in [2.45, 2.75) is 0 Å². The lowest BCUT2D eigenvalue weighted by Crippen LogP contribution is -1.91. The molecule has 0 spiro atoms. The number of benzene rings is 1. The lowest BCUT2D eigenvalue weighted by Gasteiger charge is -2.05. The summed E-state index contributed by atoms with van der Waals surface area (Å²) in [7, 11) is 1.52. The summed E-state index contributed by atoms with van der Waals surface area (Å²) in [5.74, 6) is 0.530. The maximum absolute atomic E-state index is 6.86. The first kappa shape index (κ1) is 9.13. The number of anilines is 1. The smallest absolute Gasteiger partial charge is 0.229 e. The zero-order chi connectivity index (χ0) is 9.14. The Balaban J connectivity index is 3.31. The van der Waals surface area contributed by atoms with E-state index in [1.165, 1.54) is 7.11 Å². The van der Waals surface area contributed by atoms with Gasteiger partial charge in [0.2, 0.25) is 5.69 Å². The number of halogens is 1. The van der Waals surface area contributed by atoms with E-state index in [4.69, 9.17) is 17.0 Å². The Morgan fingerprint density at radius 1 is 1.58 bits per heavy atom. The molecule has 0 aliphatic heterocycles. The molecule has 0 fully saturated rings. The second kappa shape index (κ2) is 3.63. The van der Waals surface area contributed by atoms with E-state index in [0.717, 1.165) is 3.57 Å². The molecule has 0 aliphatic carbocycles. The Labute approximate surface area is 84.5 Å². The minimum atomic E-state index is 0.496. The summed E-state index contributed by atoms with van der Waals surface area (Å²) in [6.07, 6.45) is 0. The second-order valence-electron chi connectivity index (χ2n) is 2.16. The van der Waals surface area contributed by atoms with E-state index in [2.05, 4.69) is 27.4 Å². The van der Waals surface area contributed by atoms with Crippen molar-refractivity contribution in [3.63, 3.8) is 0 Å². The molecule has 0 saturated heterocycles. The fourth-order valence-corrected chi connectivity index (χ4v) is 1.26. The van der Waals surface area contributed by atoms with E-state index in [1.54, 1.807) is 12.1 Å². The molecule has 2 N–H and O–H groups in total. The largest absolute Gasteiger partial charge is 0.508 e. The molecule has 0 aliphatic rings. The predicted octanol–water partition coefficient (Wildman–Crippen LogP) is 2.43. The first-order valence-corrected chi connectivity index (χ1v) is 4.27.